The Hall–Kier alpha value is -3.42. The van der Waals surface area contributed by atoms with Crippen LogP contribution in [0.15, 0.2) is 67.0 Å². The van der Waals surface area contributed by atoms with Crippen LogP contribution >= 0.6 is 23.2 Å². The van der Waals surface area contributed by atoms with Gasteiger partial charge in [0.05, 0.1) is 15.6 Å². The highest BCUT2D eigenvalue weighted by atomic mass is 35.5. The molecular formula is C25H24Cl2N4O3. The molecule has 1 amide bonds. The van der Waals surface area contributed by atoms with Crippen molar-refractivity contribution in [2.45, 2.75) is 32.4 Å². The maximum absolute atomic E-state index is 12.5. The first-order valence-corrected chi connectivity index (χ1v) is 11.3. The van der Waals surface area contributed by atoms with Crippen LogP contribution in [0.5, 0.6) is 0 Å². The first-order valence-electron chi connectivity index (χ1n) is 10.6. The number of aromatic nitrogens is 2. The molecule has 1 heterocycles. The summed E-state index contributed by atoms with van der Waals surface area (Å²) in [5.74, 6) is -1.19. The first-order chi connectivity index (χ1) is 16.3. The van der Waals surface area contributed by atoms with Crippen LogP contribution in [0.1, 0.15) is 36.2 Å². The summed E-state index contributed by atoms with van der Waals surface area (Å²) in [6, 6.07) is 13.2. The smallest absolute Gasteiger partial charge is 0.326 e. The van der Waals surface area contributed by atoms with Gasteiger partial charge in [-0.25, -0.2) is 14.8 Å². The number of carbonyl (C=O) groups excluding carboxylic acids is 1. The Morgan fingerprint density at radius 1 is 1.03 bits per heavy atom. The number of anilines is 2. The molecule has 0 fully saturated rings. The fourth-order valence-corrected chi connectivity index (χ4v) is 3.88. The van der Waals surface area contributed by atoms with Gasteiger partial charge in [0.15, 0.2) is 0 Å². The Balaban J connectivity index is 1.68. The molecule has 0 saturated carbocycles. The number of halogens is 2. The van der Waals surface area contributed by atoms with E-state index in [1.54, 1.807) is 36.7 Å². The van der Waals surface area contributed by atoms with Crippen LogP contribution in [-0.4, -0.2) is 39.0 Å². The van der Waals surface area contributed by atoms with E-state index in [1.807, 2.05) is 29.2 Å². The van der Waals surface area contributed by atoms with Crippen LogP contribution in [0.3, 0.4) is 0 Å². The number of hydrogen-bond donors (Lipinski definition) is 2. The number of rotatable bonds is 9. The number of nitrogens with zero attached hydrogens (tertiary/aromatic N) is 3. The summed E-state index contributed by atoms with van der Waals surface area (Å²) in [5, 5.41) is 12.3. The molecule has 7 nitrogen and oxygen atoms in total. The largest absolute Gasteiger partial charge is 0.480 e. The third-order valence-electron chi connectivity index (χ3n) is 4.93. The van der Waals surface area contributed by atoms with Crippen molar-refractivity contribution in [2.24, 2.45) is 0 Å². The molecule has 3 rings (SSSR count). The topological polar surface area (TPSA) is 95.4 Å². The van der Waals surface area contributed by atoms with Gasteiger partial charge in [-0.1, -0.05) is 53.6 Å². The molecule has 1 atom stereocenters. The summed E-state index contributed by atoms with van der Waals surface area (Å²) in [6.45, 7) is 4.11. The fraction of sp³-hybridized carbons (Fsp3) is 0.200. The molecule has 34 heavy (non-hydrogen) atoms. The monoisotopic (exact) mass is 498 g/mol. The van der Waals surface area contributed by atoms with Crippen LogP contribution < -0.4 is 10.2 Å². The molecule has 0 spiro atoms. The standard InChI is InChI=1S/C25H24Cl2N4O3/c1-16(2)31(25-28-14-5-15-29-25)18-12-10-17(11-13-18)6-3-9-21(24(33)34)30-23(32)22-19(26)7-4-8-20(22)27/h3-8,10-16,21H,9H2,1-2H3,(H,30,32)(H,33,34)/b6-3+. The van der Waals surface area contributed by atoms with Gasteiger partial charge in [-0.2, -0.15) is 0 Å². The molecule has 9 heteroatoms. The van der Waals surface area contributed by atoms with E-state index < -0.39 is 17.9 Å². The van der Waals surface area contributed by atoms with Crippen molar-refractivity contribution in [1.29, 1.82) is 0 Å². The van der Waals surface area contributed by atoms with E-state index in [1.165, 1.54) is 12.1 Å². The highest BCUT2D eigenvalue weighted by Crippen LogP contribution is 2.26. The lowest BCUT2D eigenvalue weighted by molar-refractivity contribution is -0.139. The highest BCUT2D eigenvalue weighted by Gasteiger charge is 2.22. The van der Waals surface area contributed by atoms with Crippen molar-refractivity contribution in [1.82, 2.24) is 15.3 Å². The lowest BCUT2D eigenvalue weighted by Crippen LogP contribution is -2.40. The highest BCUT2D eigenvalue weighted by molar-refractivity contribution is 6.39. The number of aliphatic carboxylic acids is 1. The second-order valence-corrected chi connectivity index (χ2v) is 8.52. The number of carboxylic acid groups (broad SMARTS) is 1. The van der Waals surface area contributed by atoms with Crippen molar-refractivity contribution in [3.8, 4) is 0 Å². The van der Waals surface area contributed by atoms with Gasteiger partial charge in [0, 0.05) is 24.1 Å². The molecule has 176 valence electrons. The summed E-state index contributed by atoms with van der Waals surface area (Å²) in [5.41, 5.74) is 1.87. The Kier molecular flexibility index (Phi) is 8.62. The van der Waals surface area contributed by atoms with Crippen molar-refractivity contribution >= 4 is 52.8 Å². The number of carbonyl (C=O) groups is 2. The molecule has 0 aliphatic rings. The third-order valence-corrected chi connectivity index (χ3v) is 5.56. The van der Waals surface area contributed by atoms with Gasteiger partial charge in [-0.3, -0.25) is 4.79 Å². The van der Waals surface area contributed by atoms with Gasteiger partial charge < -0.3 is 15.3 Å². The number of amides is 1. The molecule has 2 aromatic carbocycles. The van der Waals surface area contributed by atoms with E-state index in [4.69, 9.17) is 23.2 Å². The van der Waals surface area contributed by atoms with Crippen molar-refractivity contribution in [3.05, 3.63) is 88.2 Å². The molecule has 0 aliphatic carbocycles. The summed E-state index contributed by atoms with van der Waals surface area (Å²) >= 11 is 12.1. The minimum atomic E-state index is -1.16. The van der Waals surface area contributed by atoms with Crippen LogP contribution in [0.25, 0.3) is 6.08 Å². The van der Waals surface area contributed by atoms with E-state index in [0.717, 1.165) is 11.3 Å². The third kappa shape index (κ3) is 6.34. The fourth-order valence-electron chi connectivity index (χ4n) is 3.31. The Bertz CT molecular complexity index is 1150. The molecule has 1 unspecified atom stereocenters. The number of nitrogens with one attached hydrogen (secondary N) is 1. The SMILES string of the molecule is CC(C)N(c1ccc(/C=C/CC(NC(=O)c2c(Cl)cccc2Cl)C(=O)O)cc1)c1ncccn1. The minimum absolute atomic E-state index is 0.0498. The van der Waals surface area contributed by atoms with Gasteiger partial charge in [0.25, 0.3) is 5.91 Å². The Morgan fingerprint density at radius 3 is 2.21 bits per heavy atom. The lowest BCUT2D eigenvalue weighted by atomic mass is 10.1. The van der Waals surface area contributed by atoms with Crippen LogP contribution in [-0.2, 0) is 4.79 Å². The van der Waals surface area contributed by atoms with E-state index in [-0.39, 0.29) is 28.1 Å². The van der Waals surface area contributed by atoms with Crippen molar-refractivity contribution < 1.29 is 14.7 Å². The second-order valence-electron chi connectivity index (χ2n) is 7.70. The summed E-state index contributed by atoms with van der Waals surface area (Å²) in [6.07, 6.45) is 6.98. The molecule has 0 bridgehead atoms. The zero-order chi connectivity index (χ0) is 24.7. The predicted octanol–water partition coefficient (Wildman–Crippen LogP) is 5.62. The van der Waals surface area contributed by atoms with Gasteiger partial charge in [0.2, 0.25) is 5.95 Å². The second kappa shape index (κ2) is 11.6. The Labute approximate surface area is 208 Å². The zero-order valence-corrected chi connectivity index (χ0v) is 20.2. The van der Waals surface area contributed by atoms with Gasteiger partial charge in [-0.05, 0) is 56.2 Å². The number of benzene rings is 2. The maximum atomic E-state index is 12.5. The quantitative estimate of drug-likeness (QED) is 0.397. The average molecular weight is 499 g/mol. The average Bonchev–Trinajstić information content (AvgIpc) is 2.80. The zero-order valence-electron chi connectivity index (χ0n) is 18.7. The number of hydrogen-bond acceptors (Lipinski definition) is 5. The molecule has 0 saturated heterocycles. The van der Waals surface area contributed by atoms with E-state index in [2.05, 4.69) is 29.1 Å². The molecule has 0 radical (unpaired) electrons. The summed E-state index contributed by atoms with van der Waals surface area (Å²) < 4.78 is 0. The molecule has 0 aliphatic heterocycles. The van der Waals surface area contributed by atoms with Gasteiger partial charge >= 0.3 is 5.97 Å². The summed E-state index contributed by atoms with van der Waals surface area (Å²) in [7, 11) is 0. The predicted molar refractivity (Wildman–Crippen MR) is 135 cm³/mol. The van der Waals surface area contributed by atoms with E-state index in [9.17, 15) is 14.7 Å². The normalized spacial score (nSPS) is 12.0. The van der Waals surface area contributed by atoms with Crippen LogP contribution in [0.2, 0.25) is 10.0 Å². The molecule has 2 N–H and O–H groups in total. The summed E-state index contributed by atoms with van der Waals surface area (Å²) in [4.78, 5) is 34.9. The van der Waals surface area contributed by atoms with Crippen LogP contribution in [0, 0.1) is 0 Å². The lowest BCUT2D eigenvalue weighted by Gasteiger charge is -2.26. The van der Waals surface area contributed by atoms with Gasteiger partial charge in [-0.15, -0.1) is 0 Å². The minimum Gasteiger partial charge on any atom is -0.480 e. The van der Waals surface area contributed by atoms with Crippen molar-refractivity contribution in [3.63, 3.8) is 0 Å². The van der Waals surface area contributed by atoms with Crippen LogP contribution in [0.4, 0.5) is 11.6 Å². The molecular weight excluding hydrogens is 475 g/mol. The Morgan fingerprint density at radius 2 is 1.65 bits per heavy atom. The first kappa shape index (κ1) is 25.2. The molecule has 3 aromatic rings. The van der Waals surface area contributed by atoms with E-state index in [0.29, 0.717) is 5.95 Å². The van der Waals surface area contributed by atoms with E-state index >= 15 is 0 Å². The molecule has 1 aromatic heterocycles. The number of carboxylic acids is 1. The van der Waals surface area contributed by atoms with Crippen molar-refractivity contribution in [2.75, 3.05) is 4.90 Å². The maximum Gasteiger partial charge on any atom is 0.326 e. The van der Waals surface area contributed by atoms with Gasteiger partial charge in [0.1, 0.15) is 6.04 Å².